The van der Waals surface area contributed by atoms with Gasteiger partial charge in [0.25, 0.3) is 0 Å². The van der Waals surface area contributed by atoms with Crippen molar-refractivity contribution in [3.8, 4) is 11.1 Å². The molecule has 0 aliphatic rings. The summed E-state index contributed by atoms with van der Waals surface area (Å²) in [5.41, 5.74) is 4.05. The van der Waals surface area contributed by atoms with Crippen molar-refractivity contribution in [2.45, 2.75) is 26.1 Å². The lowest BCUT2D eigenvalue weighted by molar-refractivity contribution is -0.164. The van der Waals surface area contributed by atoms with Gasteiger partial charge in [-0.2, -0.15) is 0 Å². The van der Waals surface area contributed by atoms with Gasteiger partial charge in [-0.05, 0) is 46.7 Å². The fourth-order valence-corrected chi connectivity index (χ4v) is 3.53. The smallest absolute Gasteiger partial charge is 0.435 e. The quantitative estimate of drug-likeness (QED) is 0.133. The summed E-state index contributed by atoms with van der Waals surface area (Å²) < 4.78 is 29.3. The van der Waals surface area contributed by atoms with Gasteiger partial charge in [-0.15, -0.1) is 11.7 Å². The Hall–Kier alpha value is -4.40. The molecule has 3 rings (SSSR count). The Morgan fingerprint density at radius 2 is 1.95 bits per heavy atom. The van der Waals surface area contributed by atoms with E-state index in [1.54, 1.807) is 31.2 Å². The van der Waals surface area contributed by atoms with Crippen molar-refractivity contribution in [2.24, 2.45) is 0 Å². The fraction of sp³-hybridized carbons (Fsp3) is 0.280. The fourth-order valence-electron chi connectivity index (χ4n) is 3.36. The third-order valence-electron chi connectivity index (χ3n) is 5.17. The zero-order chi connectivity index (χ0) is 29.1. The van der Waals surface area contributed by atoms with E-state index in [4.69, 9.17) is 16.3 Å². The minimum Gasteiger partial charge on any atom is -0.435 e. The van der Waals surface area contributed by atoms with E-state index in [0.29, 0.717) is 21.7 Å². The van der Waals surface area contributed by atoms with Crippen LogP contribution in [0.15, 0.2) is 55.1 Å². The van der Waals surface area contributed by atoms with Gasteiger partial charge in [0, 0.05) is 17.1 Å². The molecule has 0 aliphatic heterocycles. The number of hydrazine groups is 1. The van der Waals surface area contributed by atoms with Crippen LogP contribution in [0.5, 0.6) is 0 Å². The number of carbonyl (C=O) groups is 3. The second-order valence-electron chi connectivity index (χ2n) is 8.04. The minimum atomic E-state index is -1.75. The van der Waals surface area contributed by atoms with Crippen LogP contribution >= 0.6 is 11.6 Å². The van der Waals surface area contributed by atoms with Crippen molar-refractivity contribution in [1.29, 1.82) is 0 Å². The number of allylic oxidation sites excluding steroid dienone is 1. The Balaban J connectivity index is 1.73. The number of tetrazole rings is 1. The van der Waals surface area contributed by atoms with E-state index < -0.39 is 43.3 Å². The third-order valence-corrected chi connectivity index (χ3v) is 5.40. The number of nitrogens with zero attached hydrogens (tertiary/aromatic N) is 5. The molecule has 2 N–H and O–H groups in total. The molecule has 13 nitrogen and oxygen atoms in total. The van der Waals surface area contributed by atoms with Crippen molar-refractivity contribution in [3.63, 3.8) is 0 Å². The lowest BCUT2D eigenvalue weighted by atomic mass is 10.0. The molecule has 0 saturated heterocycles. The first-order valence-corrected chi connectivity index (χ1v) is 12.2. The average molecular weight is 577 g/mol. The summed E-state index contributed by atoms with van der Waals surface area (Å²) in [5.74, 6) is -2.43. The Morgan fingerprint density at radius 3 is 2.65 bits per heavy atom. The molecule has 15 heteroatoms. The van der Waals surface area contributed by atoms with Gasteiger partial charge >= 0.3 is 18.0 Å². The molecular formula is C25H26ClFN6O7. The first-order chi connectivity index (χ1) is 19.2. The molecular weight excluding hydrogens is 551 g/mol. The maximum absolute atomic E-state index is 14.3. The number of esters is 1. The van der Waals surface area contributed by atoms with E-state index in [2.05, 4.69) is 37.0 Å². The summed E-state index contributed by atoms with van der Waals surface area (Å²) >= 11 is 6.00. The number of rotatable bonds is 13. The number of hydrogen-bond donors (Lipinski definition) is 2. The van der Waals surface area contributed by atoms with Crippen LogP contribution in [0.2, 0.25) is 5.02 Å². The van der Waals surface area contributed by atoms with Crippen molar-refractivity contribution in [3.05, 3.63) is 77.3 Å². The van der Waals surface area contributed by atoms with Gasteiger partial charge in [0.15, 0.2) is 6.10 Å². The summed E-state index contributed by atoms with van der Waals surface area (Å²) in [6.45, 7) is 4.16. The van der Waals surface area contributed by atoms with Crippen LogP contribution in [0.1, 0.15) is 23.1 Å². The maximum atomic E-state index is 14.3. The first-order valence-electron chi connectivity index (χ1n) is 11.8. The Bertz CT molecular complexity index is 1340. The van der Waals surface area contributed by atoms with Gasteiger partial charge in [0.1, 0.15) is 5.82 Å². The van der Waals surface area contributed by atoms with Crippen molar-refractivity contribution >= 4 is 29.6 Å². The zero-order valence-electron chi connectivity index (χ0n) is 21.3. The number of carbonyl (C=O) groups excluding carboxylic acids is 3. The normalized spacial score (nSPS) is 11.5. The van der Waals surface area contributed by atoms with Gasteiger partial charge in [-0.1, -0.05) is 41.9 Å². The summed E-state index contributed by atoms with van der Waals surface area (Å²) in [4.78, 5) is 36.4. The van der Waals surface area contributed by atoms with Gasteiger partial charge < -0.3 is 19.3 Å². The summed E-state index contributed by atoms with van der Waals surface area (Å²) in [7, 11) is 0. The predicted octanol–water partition coefficient (Wildman–Crippen LogP) is 2.50. The number of benzene rings is 2. The second-order valence-corrected chi connectivity index (χ2v) is 8.48. The van der Waals surface area contributed by atoms with Crippen LogP contribution in [0.4, 0.5) is 9.18 Å². The van der Waals surface area contributed by atoms with E-state index in [9.17, 15) is 23.9 Å². The number of ether oxygens (including phenoxy) is 3. The topological polar surface area (TPSA) is 158 Å². The summed E-state index contributed by atoms with van der Waals surface area (Å²) in [6.07, 6.45) is -1.31. The van der Waals surface area contributed by atoms with Crippen LogP contribution < -0.4 is 5.43 Å². The number of nitrogens with one attached hydrogen (secondary N) is 1. The Kier molecular flexibility index (Phi) is 11.1. The molecule has 2 aromatic carbocycles. The van der Waals surface area contributed by atoms with Crippen LogP contribution in [0.25, 0.3) is 11.1 Å². The molecule has 212 valence electrons. The monoisotopic (exact) mass is 576 g/mol. The highest BCUT2D eigenvalue weighted by molar-refractivity contribution is 6.30. The Morgan fingerprint density at radius 1 is 1.20 bits per heavy atom. The molecule has 0 bridgehead atoms. The number of halogens is 2. The molecule has 1 unspecified atom stereocenters. The molecule has 0 saturated carbocycles. The number of hydrogen-bond acceptors (Lipinski definition) is 11. The number of amides is 1. The average Bonchev–Trinajstić information content (AvgIpc) is 3.39. The molecule has 1 amide bonds. The standard InChI is InChI=1S/C25H26ClFN6O7/c1-3-11-33-22(28-30-31-33)23(35)29-32(14-21(34)24(36)39-15-40-25(37)38-4-2)13-16-5-7-17(8-6-16)19-12-18(26)9-10-20(19)27/h3,5-10,12,21,34H,1,4,11,13-15H2,2H3,(H,29,35). The first kappa shape index (κ1) is 30.1. The van der Waals surface area contributed by atoms with Crippen molar-refractivity contribution in [2.75, 3.05) is 19.9 Å². The molecule has 0 fully saturated rings. The lowest BCUT2D eigenvalue weighted by Crippen LogP contribution is -2.48. The highest BCUT2D eigenvalue weighted by Gasteiger charge is 2.25. The number of aliphatic hydroxyl groups is 1. The predicted molar refractivity (Wildman–Crippen MR) is 138 cm³/mol. The summed E-state index contributed by atoms with van der Waals surface area (Å²) in [6, 6.07) is 10.9. The van der Waals surface area contributed by atoms with E-state index in [-0.39, 0.29) is 25.5 Å². The van der Waals surface area contributed by atoms with Gasteiger partial charge in [0.2, 0.25) is 12.6 Å². The molecule has 40 heavy (non-hydrogen) atoms. The zero-order valence-corrected chi connectivity index (χ0v) is 22.1. The SMILES string of the molecule is C=CCn1nnnc1C(=O)NN(Cc1ccc(-c2cc(Cl)ccc2F)cc1)CC(O)C(=O)OCOC(=O)OCC. The second kappa shape index (κ2) is 14.7. The number of aliphatic hydroxyl groups excluding tert-OH is 1. The van der Waals surface area contributed by atoms with E-state index in [1.807, 2.05) is 0 Å². The van der Waals surface area contributed by atoms with Gasteiger partial charge in [-0.25, -0.2) is 23.7 Å². The van der Waals surface area contributed by atoms with Crippen LogP contribution in [-0.4, -0.2) is 74.4 Å². The van der Waals surface area contributed by atoms with Gasteiger partial charge in [0.05, 0.1) is 19.7 Å². The van der Waals surface area contributed by atoms with E-state index in [1.165, 1.54) is 34.0 Å². The molecule has 1 aromatic heterocycles. The largest absolute Gasteiger partial charge is 0.511 e. The lowest BCUT2D eigenvalue weighted by Gasteiger charge is -2.25. The van der Waals surface area contributed by atoms with Crippen molar-refractivity contribution < 1.29 is 38.1 Å². The number of aromatic nitrogens is 4. The van der Waals surface area contributed by atoms with Crippen LogP contribution in [0.3, 0.4) is 0 Å². The van der Waals surface area contributed by atoms with Crippen molar-refractivity contribution in [1.82, 2.24) is 30.6 Å². The highest BCUT2D eigenvalue weighted by atomic mass is 35.5. The maximum Gasteiger partial charge on any atom is 0.511 e. The molecule has 1 atom stereocenters. The van der Waals surface area contributed by atoms with Crippen LogP contribution in [0, 0.1) is 5.82 Å². The third kappa shape index (κ3) is 8.56. The molecule has 1 heterocycles. The van der Waals surface area contributed by atoms with Gasteiger partial charge in [-0.3, -0.25) is 10.2 Å². The molecule has 0 radical (unpaired) electrons. The molecule has 0 spiro atoms. The molecule has 0 aliphatic carbocycles. The van der Waals surface area contributed by atoms with Crippen LogP contribution in [-0.2, 0) is 32.1 Å². The Labute approximate surface area is 233 Å². The minimum absolute atomic E-state index is 0.00324. The van der Waals surface area contributed by atoms with E-state index in [0.717, 1.165) is 0 Å². The highest BCUT2D eigenvalue weighted by Crippen LogP contribution is 2.26. The van der Waals surface area contributed by atoms with E-state index >= 15 is 0 Å². The molecule has 3 aromatic rings. The summed E-state index contributed by atoms with van der Waals surface area (Å²) in [5, 5.41) is 22.9.